The highest BCUT2D eigenvalue weighted by Crippen LogP contribution is 2.24. The van der Waals surface area contributed by atoms with E-state index in [-0.39, 0.29) is 5.97 Å². The van der Waals surface area contributed by atoms with Gasteiger partial charge >= 0.3 is 5.97 Å². The number of esters is 1. The summed E-state index contributed by atoms with van der Waals surface area (Å²) in [5.74, 6) is 1.44. The number of benzene rings is 1. The highest BCUT2D eigenvalue weighted by molar-refractivity contribution is 14.1. The van der Waals surface area contributed by atoms with E-state index in [2.05, 4.69) is 27.8 Å². The number of rotatable bonds is 5. The molecule has 19 heavy (non-hydrogen) atoms. The highest BCUT2D eigenvalue weighted by atomic mass is 127. The van der Waals surface area contributed by atoms with Gasteiger partial charge in [0, 0.05) is 12.5 Å². The van der Waals surface area contributed by atoms with E-state index in [0.717, 1.165) is 22.6 Å². The molecule has 2 aromatic rings. The molecule has 0 spiro atoms. The second-order valence-electron chi connectivity index (χ2n) is 3.97. The van der Waals surface area contributed by atoms with E-state index in [9.17, 15) is 4.79 Å². The van der Waals surface area contributed by atoms with Crippen LogP contribution in [-0.2, 0) is 16.0 Å². The number of hydrogen-bond donors (Lipinski definition) is 0. The molecule has 2 rings (SSSR count). The number of aryl methyl sites for hydroxylation is 1. The van der Waals surface area contributed by atoms with E-state index in [1.54, 1.807) is 14.0 Å². The molecule has 5 nitrogen and oxygen atoms in total. The number of nitrogens with zero attached hydrogens (tertiary/aromatic N) is 2. The normalized spacial score (nSPS) is 10.7. The molecule has 0 radical (unpaired) electrons. The summed E-state index contributed by atoms with van der Waals surface area (Å²) >= 11 is 2.19. The lowest BCUT2D eigenvalue weighted by atomic mass is 10.3. The number of ether oxygens (including phenoxy) is 2. The van der Waals surface area contributed by atoms with Crippen molar-refractivity contribution in [3.05, 3.63) is 24.0 Å². The summed E-state index contributed by atoms with van der Waals surface area (Å²) in [5.41, 5.74) is 1.88. The number of fused-ring (bicyclic) bond motifs is 1. The summed E-state index contributed by atoms with van der Waals surface area (Å²) in [7, 11) is 1.63. The van der Waals surface area contributed by atoms with Gasteiger partial charge in [-0.2, -0.15) is 0 Å². The number of methoxy groups -OCH3 is 1. The Balaban J connectivity index is 2.19. The van der Waals surface area contributed by atoms with Gasteiger partial charge in [-0.15, -0.1) is 0 Å². The molecule has 1 aromatic carbocycles. The van der Waals surface area contributed by atoms with E-state index >= 15 is 0 Å². The number of carbonyl (C=O) groups is 1. The highest BCUT2D eigenvalue weighted by Gasteiger charge is 2.11. The van der Waals surface area contributed by atoms with Crippen LogP contribution >= 0.6 is 22.9 Å². The van der Waals surface area contributed by atoms with Gasteiger partial charge in [-0.3, -0.25) is 7.58 Å². The van der Waals surface area contributed by atoms with Crippen LogP contribution in [0.4, 0.5) is 0 Å². The van der Waals surface area contributed by atoms with E-state index in [1.807, 2.05) is 21.0 Å². The van der Waals surface area contributed by atoms with Crippen LogP contribution in [0.1, 0.15) is 19.2 Å². The molecule has 0 saturated heterocycles. The maximum atomic E-state index is 11.4. The first-order valence-electron chi connectivity index (χ1n) is 6.03. The third-order valence-electron chi connectivity index (χ3n) is 2.73. The topological polar surface area (TPSA) is 53.4 Å². The van der Waals surface area contributed by atoms with Crippen molar-refractivity contribution < 1.29 is 14.3 Å². The molecular weight excluding hydrogens is 359 g/mol. The molecule has 0 unspecified atom stereocenters. The molecule has 1 aromatic heterocycles. The maximum Gasteiger partial charge on any atom is 0.306 e. The lowest BCUT2D eigenvalue weighted by Crippen LogP contribution is -2.06. The van der Waals surface area contributed by atoms with Gasteiger partial charge in [0.15, 0.2) is 0 Å². The Morgan fingerprint density at radius 1 is 1.47 bits per heavy atom. The minimum absolute atomic E-state index is 0.191. The minimum atomic E-state index is -0.191. The van der Waals surface area contributed by atoms with Crippen LogP contribution in [0, 0.1) is 0 Å². The molecule has 0 amide bonds. The summed E-state index contributed by atoms with van der Waals surface area (Å²) in [4.78, 5) is 15.9. The van der Waals surface area contributed by atoms with Crippen molar-refractivity contribution in [3.8, 4) is 5.75 Å². The van der Waals surface area contributed by atoms with Crippen LogP contribution in [0.2, 0.25) is 0 Å². The summed E-state index contributed by atoms with van der Waals surface area (Å²) in [5, 5.41) is 0. The van der Waals surface area contributed by atoms with E-state index < -0.39 is 0 Å². The van der Waals surface area contributed by atoms with E-state index in [1.165, 1.54) is 0 Å². The molecule has 0 N–H and O–H groups in total. The van der Waals surface area contributed by atoms with Gasteiger partial charge in [-0.25, -0.2) is 4.98 Å². The van der Waals surface area contributed by atoms with Crippen LogP contribution in [0.5, 0.6) is 5.75 Å². The molecular formula is C13H15IN2O3. The van der Waals surface area contributed by atoms with Crippen LogP contribution in [0.3, 0.4) is 0 Å². The Morgan fingerprint density at radius 3 is 2.95 bits per heavy atom. The first kappa shape index (κ1) is 14.1. The van der Waals surface area contributed by atoms with Crippen molar-refractivity contribution in [1.82, 2.24) is 7.76 Å². The second-order valence-corrected chi connectivity index (χ2v) is 4.93. The zero-order chi connectivity index (χ0) is 13.8. The Kier molecular flexibility index (Phi) is 4.62. The van der Waals surface area contributed by atoms with Gasteiger partial charge < -0.3 is 9.47 Å². The first-order chi connectivity index (χ1) is 9.15. The van der Waals surface area contributed by atoms with Crippen LogP contribution < -0.4 is 4.74 Å². The minimum Gasteiger partial charge on any atom is -0.497 e. The molecule has 6 heteroatoms. The Morgan fingerprint density at radius 2 is 2.26 bits per heavy atom. The third kappa shape index (κ3) is 3.17. The molecule has 0 atom stereocenters. The maximum absolute atomic E-state index is 11.4. The van der Waals surface area contributed by atoms with Gasteiger partial charge in [0.25, 0.3) is 0 Å². The summed E-state index contributed by atoms with van der Waals surface area (Å²) in [6, 6.07) is 5.74. The van der Waals surface area contributed by atoms with Crippen LogP contribution in [-0.4, -0.2) is 27.5 Å². The molecule has 0 aliphatic rings. The fraction of sp³-hybridized carbons (Fsp3) is 0.385. The monoisotopic (exact) mass is 374 g/mol. The summed E-state index contributed by atoms with van der Waals surface area (Å²) in [6.45, 7) is 2.22. The standard InChI is InChI=1S/C13H15IN2O3/c1-3-19-13(17)7-6-12-15-10-8-9(18-2)4-5-11(10)16(12)14/h4-5,8H,3,6-7H2,1-2H3. The fourth-order valence-corrected chi connectivity index (χ4v) is 2.57. The Labute approximate surface area is 125 Å². The largest absolute Gasteiger partial charge is 0.497 e. The smallest absolute Gasteiger partial charge is 0.306 e. The number of imidazole rings is 1. The molecule has 0 aliphatic carbocycles. The predicted octanol–water partition coefficient (Wildman–Crippen LogP) is 2.74. The van der Waals surface area contributed by atoms with Gasteiger partial charge in [0.1, 0.15) is 11.6 Å². The third-order valence-corrected chi connectivity index (χ3v) is 3.80. The number of halogens is 1. The van der Waals surface area contributed by atoms with Crippen molar-refractivity contribution in [2.45, 2.75) is 19.8 Å². The lowest BCUT2D eigenvalue weighted by Gasteiger charge is -2.01. The van der Waals surface area contributed by atoms with Crippen LogP contribution in [0.15, 0.2) is 18.2 Å². The van der Waals surface area contributed by atoms with Crippen molar-refractivity contribution in [2.75, 3.05) is 13.7 Å². The zero-order valence-corrected chi connectivity index (χ0v) is 13.0. The van der Waals surface area contributed by atoms with Crippen LogP contribution in [0.25, 0.3) is 11.0 Å². The second kappa shape index (κ2) is 6.23. The lowest BCUT2D eigenvalue weighted by molar-refractivity contribution is -0.143. The average Bonchev–Trinajstić information content (AvgIpc) is 2.73. The van der Waals surface area contributed by atoms with Crippen molar-refractivity contribution in [1.29, 1.82) is 0 Å². The Bertz CT molecular complexity index is 595. The van der Waals surface area contributed by atoms with Crippen molar-refractivity contribution in [3.63, 3.8) is 0 Å². The molecule has 0 aliphatic heterocycles. The molecule has 0 saturated carbocycles. The molecule has 0 fully saturated rings. The summed E-state index contributed by atoms with van der Waals surface area (Å²) < 4.78 is 12.1. The average molecular weight is 374 g/mol. The van der Waals surface area contributed by atoms with Gasteiger partial charge in [-0.1, -0.05) is 0 Å². The molecule has 0 bridgehead atoms. The Hall–Kier alpha value is -1.31. The fourth-order valence-electron chi connectivity index (χ4n) is 1.81. The number of aromatic nitrogens is 2. The van der Waals surface area contributed by atoms with Gasteiger partial charge in [-0.05, 0) is 19.1 Å². The van der Waals surface area contributed by atoms with Crippen molar-refractivity contribution in [2.24, 2.45) is 0 Å². The van der Waals surface area contributed by atoms with E-state index in [4.69, 9.17) is 9.47 Å². The van der Waals surface area contributed by atoms with E-state index in [0.29, 0.717) is 19.4 Å². The quantitative estimate of drug-likeness (QED) is 0.597. The molecule has 102 valence electrons. The zero-order valence-electron chi connectivity index (χ0n) is 10.9. The van der Waals surface area contributed by atoms with Gasteiger partial charge in [0.05, 0.1) is 54.0 Å². The molecule has 1 heterocycles. The predicted molar refractivity (Wildman–Crippen MR) is 80.7 cm³/mol. The number of hydrogen-bond acceptors (Lipinski definition) is 4. The SMILES string of the molecule is CCOC(=O)CCc1nc2cc(OC)ccc2n1I. The summed E-state index contributed by atoms with van der Waals surface area (Å²) in [6.07, 6.45) is 0.913. The van der Waals surface area contributed by atoms with Crippen molar-refractivity contribution >= 4 is 39.9 Å². The number of carbonyl (C=O) groups excluding carboxylic acids is 1. The van der Waals surface area contributed by atoms with Gasteiger partial charge in [0.2, 0.25) is 0 Å². The first-order valence-corrected chi connectivity index (χ1v) is 6.99.